The van der Waals surface area contributed by atoms with Gasteiger partial charge in [-0.2, -0.15) is 4.31 Å². The molecule has 1 N–H and O–H groups in total. The van der Waals surface area contributed by atoms with E-state index in [1.54, 1.807) is 6.92 Å². The molecule has 0 radical (unpaired) electrons. The number of aromatic carboxylic acids is 1. The van der Waals surface area contributed by atoms with E-state index in [2.05, 4.69) is 0 Å². The average molecular weight is 321 g/mol. The van der Waals surface area contributed by atoms with Crippen molar-refractivity contribution in [3.8, 4) is 0 Å². The molecular weight excluding hydrogens is 304 g/mol. The number of nitrogens with zero attached hydrogens (tertiary/aromatic N) is 1. The molecule has 0 heterocycles. The first-order valence-electron chi connectivity index (χ1n) is 6.48. The monoisotopic (exact) mass is 321 g/mol. The molecule has 5 nitrogen and oxygen atoms in total. The van der Waals surface area contributed by atoms with Crippen LogP contribution in [0.3, 0.4) is 0 Å². The zero-order chi connectivity index (χ0) is 16.2. The smallest absolute Gasteiger partial charge is 0.341 e. The van der Waals surface area contributed by atoms with Crippen LogP contribution in [0.15, 0.2) is 17.0 Å². The Morgan fingerprint density at radius 3 is 2.38 bits per heavy atom. The Morgan fingerprint density at radius 1 is 1.29 bits per heavy atom. The van der Waals surface area contributed by atoms with Crippen molar-refractivity contribution < 1.29 is 27.1 Å². The second-order valence-corrected chi connectivity index (χ2v) is 6.30. The van der Waals surface area contributed by atoms with E-state index in [0.717, 1.165) is 16.8 Å². The van der Waals surface area contributed by atoms with Crippen molar-refractivity contribution in [2.75, 3.05) is 13.1 Å². The molecule has 0 saturated heterocycles. The van der Waals surface area contributed by atoms with E-state index in [4.69, 9.17) is 5.11 Å². The van der Waals surface area contributed by atoms with Gasteiger partial charge in [0.05, 0.1) is 0 Å². The van der Waals surface area contributed by atoms with Crippen LogP contribution >= 0.6 is 0 Å². The number of halogens is 2. The van der Waals surface area contributed by atoms with Gasteiger partial charge in [0.2, 0.25) is 10.0 Å². The lowest BCUT2D eigenvalue weighted by atomic mass is 10.2. The number of carbonyl (C=O) groups is 1. The van der Waals surface area contributed by atoms with Crippen molar-refractivity contribution in [1.29, 1.82) is 0 Å². The lowest BCUT2D eigenvalue weighted by Crippen LogP contribution is -2.32. The van der Waals surface area contributed by atoms with Crippen molar-refractivity contribution in [2.24, 2.45) is 0 Å². The number of benzene rings is 1. The summed E-state index contributed by atoms with van der Waals surface area (Å²) >= 11 is 0. The number of carboxylic acids is 1. The quantitative estimate of drug-likeness (QED) is 0.837. The fourth-order valence-electron chi connectivity index (χ4n) is 1.85. The van der Waals surface area contributed by atoms with E-state index in [9.17, 15) is 22.0 Å². The predicted octanol–water partition coefficient (Wildman–Crippen LogP) is 2.47. The fourth-order valence-corrected chi connectivity index (χ4v) is 3.41. The summed E-state index contributed by atoms with van der Waals surface area (Å²) in [4.78, 5) is 10.0. The zero-order valence-corrected chi connectivity index (χ0v) is 12.6. The van der Waals surface area contributed by atoms with Gasteiger partial charge < -0.3 is 5.11 Å². The first-order valence-corrected chi connectivity index (χ1v) is 7.92. The van der Waals surface area contributed by atoms with Gasteiger partial charge in [0.25, 0.3) is 0 Å². The van der Waals surface area contributed by atoms with Gasteiger partial charge in [-0.05, 0) is 18.6 Å². The maximum absolute atomic E-state index is 14.1. The molecule has 0 aliphatic heterocycles. The molecule has 21 heavy (non-hydrogen) atoms. The van der Waals surface area contributed by atoms with Crippen molar-refractivity contribution in [1.82, 2.24) is 4.31 Å². The van der Waals surface area contributed by atoms with Crippen LogP contribution in [-0.4, -0.2) is 36.9 Å². The molecule has 1 rings (SSSR count). The Morgan fingerprint density at radius 2 is 1.90 bits per heavy atom. The fraction of sp³-hybridized carbons (Fsp3) is 0.462. The molecular formula is C13H17F2NO4S. The van der Waals surface area contributed by atoms with Crippen molar-refractivity contribution in [3.63, 3.8) is 0 Å². The van der Waals surface area contributed by atoms with Crippen molar-refractivity contribution in [2.45, 2.75) is 31.6 Å². The van der Waals surface area contributed by atoms with E-state index in [1.165, 1.54) is 0 Å². The van der Waals surface area contributed by atoms with E-state index in [0.29, 0.717) is 12.5 Å². The molecule has 0 aliphatic carbocycles. The third kappa shape index (κ3) is 3.56. The molecule has 0 bridgehead atoms. The largest absolute Gasteiger partial charge is 0.477 e. The van der Waals surface area contributed by atoms with Crippen molar-refractivity contribution >= 4 is 16.0 Å². The molecule has 1 aromatic carbocycles. The maximum atomic E-state index is 14.1. The van der Waals surface area contributed by atoms with Gasteiger partial charge in [0.15, 0.2) is 5.82 Å². The number of hydrogen-bond acceptors (Lipinski definition) is 3. The molecule has 0 atom stereocenters. The molecule has 0 saturated carbocycles. The van der Waals surface area contributed by atoms with Crippen LogP contribution < -0.4 is 0 Å². The van der Waals surface area contributed by atoms with Gasteiger partial charge in [-0.3, -0.25) is 0 Å². The minimum atomic E-state index is -4.20. The highest BCUT2D eigenvalue weighted by molar-refractivity contribution is 7.89. The predicted molar refractivity (Wildman–Crippen MR) is 72.7 cm³/mol. The topological polar surface area (TPSA) is 74.7 Å². The van der Waals surface area contributed by atoms with Crippen LogP contribution in [0.1, 0.15) is 37.0 Å². The lowest BCUT2D eigenvalue weighted by Gasteiger charge is -2.20. The van der Waals surface area contributed by atoms with Crippen LogP contribution in [-0.2, 0) is 10.0 Å². The molecule has 0 amide bonds. The lowest BCUT2D eigenvalue weighted by molar-refractivity contribution is 0.0685. The first kappa shape index (κ1) is 17.5. The summed E-state index contributed by atoms with van der Waals surface area (Å²) in [6.45, 7) is 3.77. The Kier molecular flexibility index (Phi) is 5.79. The summed E-state index contributed by atoms with van der Waals surface area (Å²) in [5, 5.41) is 8.79. The summed E-state index contributed by atoms with van der Waals surface area (Å²) in [6, 6.07) is 1.40. The second kappa shape index (κ2) is 6.95. The number of hydrogen-bond donors (Lipinski definition) is 1. The third-order valence-electron chi connectivity index (χ3n) is 3.00. The average Bonchev–Trinajstić information content (AvgIpc) is 2.38. The van der Waals surface area contributed by atoms with Gasteiger partial charge in [-0.1, -0.05) is 20.3 Å². The molecule has 0 aliphatic rings. The molecule has 0 aromatic heterocycles. The molecule has 0 unspecified atom stereocenters. The number of carboxylic acid groups (broad SMARTS) is 1. The summed E-state index contributed by atoms with van der Waals surface area (Å²) in [5.74, 6) is -4.73. The minimum Gasteiger partial charge on any atom is -0.477 e. The van der Waals surface area contributed by atoms with Gasteiger partial charge in [-0.25, -0.2) is 22.0 Å². The number of rotatable bonds is 7. The van der Waals surface area contributed by atoms with E-state index < -0.39 is 38.1 Å². The Hall–Kier alpha value is -1.54. The summed E-state index contributed by atoms with van der Waals surface area (Å²) < 4.78 is 53.1. The Balaban J connectivity index is 3.38. The zero-order valence-electron chi connectivity index (χ0n) is 11.8. The molecule has 118 valence electrons. The number of sulfonamides is 1. The van der Waals surface area contributed by atoms with Gasteiger partial charge in [-0.15, -0.1) is 0 Å². The maximum Gasteiger partial charge on any atom is 0.341 e. The normalized spacial score (nSPS) is 11.9. The van der Waals surface area contributed by atoms with Crippen molar-refractivity contribution in [3.05, 3.63) is 29.3 Å². The van der Waals surface area contributed by atoms with E-state index in [-0.39, 0.29) is 13.1 Å². The summed E-state index contributed by atoms with van der Waals surface area (Å²) in [7, 11) is -4.20. The molecule has 8 heteroatoms. The number of unbranched alkanes of at least 4 members (excludes halogenated alkanes) is 1. The summed E-state index contributed by atoms with van der Waals surface area (Å²) in [6.07, 6.45) is 1.33. The van der Waals surface area contributed by atoms with E-state index in [1.807, 2.05) is 6.92 Å². The van der Waals surface area contributed by atoms with Gasteiger partial charge in [0.1, 0.15) is 16.3 Å². The van der Waals surface area contributed by atoms with Crippen LogP contribution in [0.5, 0.6) is 0 Å². The van der Waals surface area contributed by atoms with Gasteiger partial charge in [0, 0.05) is 13.1 Å². The highest BCUT2D eigenvalue weighted by Crippen LogP contribution is 2.24. The highest BCUT2D eigenvalue weighted by Gasteiger charge is 2.30. The standard InChI is InChI=1S/C13H17F2NO4S/c1-3-5-8-16(4-2)21(19,20)10-7-6-9(14)11(12(10)15)13(17)18/h6-7H,3-5,8H2,1-2H3,(H,17,18). The second-order valence-electron chi connectivity index (χ2n) is 4.39. The summed E-state index contributed by atoms with van der Waals surface area (Å²) in [5.41, 5.74) is -1.26. The van der Waals surface area contributed by atoms with Gasteiger partial charge >= 0.3 is 5.97 Å². The Bertz CT molecular complexity index is 631. The molecule has 0 fully saturated rings. The van der Waals surface area contributed by atoms with E-state index >= 15 is 0 Å². The SMILES string of the molecule is CCCCN(CC)S(=O)(=O)c1ccc(F)c(C(=O)O)c1F. The Labute approximate surface area is 122 Å². The third-order valence-corrected chi connectivity index (χ3v) is 4.99. The molecule has 0 spiro atoms. The van der Waals surface area contributed by atoms with Crippen LogP contribution in [0, 0.1) is 11.6 Å². The molecule has 1 aromatic rings. The first-order chi connectivity index (χ1) is 9.77. The van der Waals surface area contributed by atoms with Crippen LogP contribution in [0.2, 0.25) is 0 Å². The van der Waals surface area contributed by atoms with Crippen LogP contribution in [0.25, 0.3) is 0 Å². The highest BCUT2D eigenvalue weighted by atomic mass is 32.2. The minimum absolute atomic E-state index is 0.113. The van der Waals surface area contributed by atoms with Crippen LogP contribution in [0.4, 0.5) is 8.78 Å².